The summed E-state index contributed by atoms with van der Waals surface area (Å²) in [6.07, 6.45) is 0. The summed E-state index contributed by atoms with van der Waals surface area (Å²) in [5.74, 6) is 0.271. The number of hydrogen-bond donors (Lipinski definition) is 1. The van der Waals surface area contributed by atoms with Crippen LogP contribution >= 0.6 is 0 Å². The minimum atomic E-state index is -0.224. The predicted molar refractivity (Wildman–Crippen MR) is 129 cm³/mol. The van der Waals surface area contributed by atoms with Crippen LogP contribution in [0.2, 0.25) is 0 Å². The number of amides is 1. The highest BCUT2D eigenvalue weighted by molar-refractivity contribution is 6.08. The highest BCUT2D eigenvalue weighted by Gasteiger charge is 2.23. The van der Waals surface area contributed by atoms with Gasteiger partial charge in [-0.3, -0.25) is 9.59 Å². The van der Waals surface area contributed by atoms with E-state index in [9.17, 15) is 9.59 Å². The number of rotatable bonds is 5. The normalized spacial score (nSPS) is 10.9. The van der Waals surface area contributed by atoms with Crippen LogP contribution in [0.5, 0.6) is 5.75 Å². The fraction of sp³-hybridized carbons (Fsp3) is 0.185. The van der Waals surface area contributed by atoms with Crippen molar-refractivity contribution in [3.8, 4) is 5.75 Å². The zero-order chi connectivity index (χ0) is 22.8. The number of anilines is 1. The number of aryl methyl sites for hydroxylation is 3. The second kappa shape index (κ2) is 8.71. The number of H-pyrrole nitrogens is 1. The Morgan fingerprint density at radius 2 is 1.66 bits per heavy atom. The Morgan fingerprint density at radius 3 is 2.41 bits per heavy atom. The van der Waals surface area contributed by atoms with Crippen molar-refractivity contribution in [1.29, 1.82) is 0 Å². The van der Waals surface area contributed by atoms with Gasteiger partial charge in [-0.1, -0.05) is 42.0 Å². The van der Waals surface area contributed by atoms with E-state index in [4.69, 9.17) is 4.74 Å². The van der Waals surface area contributed by atoms with Gasteiger partial charge in [0.15, 0.2) is 0 Å². The van der Waals surface area contributed by atoms with E-state index in [-0.39, 0.29) is 18.0 Å². The van der Waals surface area contributed by atoms with E-state index in [1.54, 1.807) is 30.2 Å². The van der Waals surface area contributed by atoms with Crippen molar-refractivity contribution in [2.24, 2.45) is 0 Å². The molecule has 0 aliphatic rings. The van der Waals surface area contributed by atoms with E-state index >= 15 is 0 Å². The van der Waals surface area contributed by atoms with E-state index in [1.165, 1.54) is 0 Å². The van der Waals surface area contributed by atoms with Crippen molar-refractivity contribution in [2.45, 2.75) is 27.3 Å². The molecule has 0 unspecified atom stereocenters. The number of nitrogens with zero attached hydrogens (tertiary/aromatic N) is 1. The number of benzene rings is 3. The fourth-order valence-corrected chi connectivity index (χ4v) is 3.99. The first-order chi connectivity index (χ1) is 15.4. The van der Waals surface area contributed by atoms with Crippen LogP contribution < -0.4 is 15.2 Å². The van der Waals surface area contributed by atoms with E-state index in [2.05, 4.69) is 4.98 Å². The molecule has 4 aromatic rings. The summed E-state index contributed by atoms with van der Waals surface area (Å²) in [5, 5.41) is 0.926. The zero-order valence-electron chi connectivity index (χ0n) is 18.7. The molecule has 0 saturated heterocycles. The van der Waals surface area contributed by atoms with Gasteiger partial charge in [-0.2, -0.15) is 0 Å². The van der Waals surface area contributed by atoms with Gasteiger partial charge in [0.1, 0.15) is 5.75 Å². The number of aromatic amines is 1. The van der Waals surface area contributed by atoms with E-state index in [0.29, 0.717) is 16.9 Å². The highest BCUT2D eigenvalue weighted by atomic mass is 16.5. The quantitative estimate of drug-likeness (QED) is 0.470. The van der Waals surface area contributed by atoms with Crippen molar-refractivity contribution in [2.75, 3.05) is 12.0 Å². The molecular formula is C27H26N2O3. The maximum atomic E-state index is 13.7. The molecular weight excluding hydrogens is 400 g/mol. The van der Waals surface area contributed by atoms with Crippen LogP contribution in [0.4, 0.5) is 5.69 Å². The van der Waals surface area contributed by atoms with Gasteiger partial charge in [-0.05, 0) is 67.6 Å². The third kappa shape index (κ3) is 4.14. The molecule has 0 bridgehead atoms. The number of para-hydroxylation sites is 1. The molecule has 0 saturated carbocycles. The Balaban J connectivity index is 1.84. The molecule has 0 fully saturated rings. The van der Waals surface area contributed by atoms with Crippen LogP contribution in [0.3, 0.4) is 0 Å². The van der Waals surface area contributed by atoms with Crippen molar-refractivity contribution in [1.82, 2.24) is 4.98 Å². The second-order valence-electron chi connectivity index (χ2n) is 8.10. The number of aromatic nitrogens is 1. The lowest BCUT2D eigenvalue weighted by Gasteiger charge is -2.25. The van der Waals surface area contributed by atoms with Gasteiger partial charge in [-0.15, -0.1) is 0 Å². The summed E-state index contributed by atoms with van der Waals surface area (Å²) in [4.78, 5) is 31.2. The van der Waals surface area contributed by atoms with Gasteiger partial charge >= 0.3 is 0 Å². The number of nitrogens with one attached hydrogen (secondary N) is 1. The molecule has 32 heavy (non-hydrogen) atoms. The smallest absolute Gasteiger partial charge is 0.262 e. The third-order valence-corrected chi connectivity index (χ3v) is 5.63. The molecule has 0 spiro atoms. The minimum Gasteiger partial charge on any atom is -0.496 e. The SMILES string of the molecule is COc1ccccc1C(=O)N(Cc1cc2ccc(C)cc2[nH]c1=O)c1ccc(C)cc1C. The molecule has 0 radical (unpaired) electrons. The molecule has 1 aromatic heterocycles. The first-order valence-electron chi connectivity index (χ1n) is 10.5. The summed E-state index contributed by atoms with van der Waals surface area (Å²) in [7, 11) is 1.55. The molecule has 1 amide bonds. The van der Waals surface area contributed by atoms with Crippen LogP contribution in [0, 0.1) is 20.8 Å². The van der Waals surface area contributed by atoms with Crippen molar-refractivity contribution in [3.63, 3.8) is 0 Å². The molecule has 0 atom stereocenters. The van der Waals surface area contributed by atoms with E-state index < -0.39 is 0 Å². The van der Waals surface area contributed by atoms with Crippen LogP contribution in [0.1, 0.15) is 32.6 Å². The lowest BCUT2D eigenvalue weighted by Crippen LogP contribution is -2.33. The number of carbonyl (C=O) groups is 1. The van der Waals surface area contributed by atoms with Crippen LogP contribution in [-0.4, -0.2) is 18.0 Å². The van der Waals surface area contributed by atoms with Gasteiger partial charge in [0.25, 0.3) is 11.5 Å². The average Bonchev–Trinajstić information content (AvgIpc) is 2.77. The molecule has 1 heterocycles. The molecule has 1 N–H and O–H groups in total. The first-order valence-corrected chi connectivity index (χ1v) is 10.5. The Hall–Kier alpha value is -3.86. The topological polar surface area (TPSA) is 62.4 Å². The third-order valence-electron chi connectivity index (χ3n) is 5.63. The standard InChI is InChI=1S/C27H26N2O3/c1-17-10-12-24(19(3)13-17)29(27(31)22-7-5-6-8-25(22)32-4)16-21-15-20-11-9-18(2)14-23(20)28-26(21)30/h5-15H,16H2,1-4H3,(H,28,30). The van der Waals surface area contributed by atoms with Crippen molar-refractivity contribution < 1.29 is 9.53 Å². The summed E-state index contributed by atoms with van der Waals surface area (Å²) in [6, 6.07) is 20.9. The van der Waals surface area contributed by atoms with Gasteiger partial charge in [0.05, 0.1) is 19.2 Å². The lowest BCUT2D eigenvalue weighted by molar-refractivity contribution is 0.0982. The van der Waals surface area contributed by atoms with Crippen LogP contribution in [0.15, 0.2) is 71.5 Å². The number of carbonyl (C=O) groups excluding carboxylic acids is 1. The van der Waals surface area contributed by atoms with E-state index in [1.807, 2.05) is 69.3 Å². The fourth-order valence-electron chi connectivity index (χ4n) is 3.99. The van der Waals surface area contributed by atoms with Gasteiger partial charge < -0.3 is 14.6 Å². The van der Waals surface area contributed by atoms with Crippen molar-refractivity contribution in [3.05, 3.63) is 105 Å². The van der Waals surface area contributed by atoms with Gasteiger partial charge in [0, 0.05) is 16.8 Å². The molecule has 0 aliphatic heterocycles. The molecule has 162 valence electrons. The number of hydrogen-bond acceptors (Lipinski definition) is 3. The van der Waals surface area contributed by atoms with Gasteiger partial charge in [0.2, 0.25) is 0 Å². The molecule has 5 nitrogen and oxygen atoms in total. The summed E-state index contributed by atoms with van der Waals surface area (Å²) in [5.41, 5.74) is 5.45. The largest absolute Gasteiger partial charge is 0.496 e. The van der Waals surface area contributed by atoms with Gasteiger partial charge in [-0.25, -0.2) is 0 Å². The number of ether oxygens (including phenoxy) is 1. The predicted octanol–water partition coefficient (Wildman–Crippen LogP) is 5.31. The Bertz CT molecular complexity index is 1370. The average molecular weight is 427 g/mol. The number of methoxy groups -OCH3 is 1. The Labute approximate surface area is 187 Å². The maximum absolute atomic E-state index is 13.7. The molecule has 3 aromatic carbocycles. The zero-order valence-corrected chi connectivity index (χ0v) is 18.7. The Morgan fingerprint density at radius 1 is 0.938 bits per heavy atom. The summed E-state index contributed by atoms with van der Waals surface area (Å²) in [6.45, 7) is 6.11. The van der Waals surface area contributed by atoms with E-state index in [0.717, 1.165) is 33.3 Å². The number of fused-ring (bicyclic) bond motifs is 1. The van der Waals surface area contributed by atoms with Crippen LogP contribution in [0.25, 0.3) is 10.9 Å². The summed E-state index contributed by atoms with van der Waals surface area (Å²) >= 11 is 0. The molecule has 4 rings (SSSR count). The second-order valence-corrected chi connectivity index (χ2v) is 8.10. The van der Waals surface area contributed by atoms with Crippen molar-refractivity contribution >= 4 is 22.5 Å². The maximum Gasteiger partial charge on any atom is 0.262 e. The monoisotopic (exact) mass is 426 g/mol. The first kappa shape index (κ1) is 21.4. The lowest BCUT2D eigenvalue weighted by atomic mass is 10.1. The van der Waals surface area contributed by atoms with Crippen LogP contribution in [-0.2, 0) is 6.54 Å². The Kier molecular flexibility index (Phi) is 5.82. The molecule has 0 aliphatic carbocycles. The highest BCUT2D eigenvalue weighted by Crippen LogP contribution is 2.28. The number of pyridine rings is 1. The molecule has 5 heteroatoms. The summed E-state index contributed by atoms with van der Waals surface area (Å²) < 4.78 is 5.43. The minimum absolute atomic E-state index is 0.139.